The minimum Gasteiger partial charge on any atom is -0.394 e. The molecule has 1 aromatic rings. The van der Waals surface area contributed by atoms with Crippen molar-refractivity contribution >= 4 is 0 Å². The van der Waals surface area contributed by atoms with Gasteiger partial charge in [0.15, 0.2) is 0 Å². The van der Waals surface area contributed by atoms with Gasteiger partial charge in [0.25, 0.3) is 0 Å². The Kier molecular flexibility index (Phi) is 3.36. The van der Waals surface area contributed by atoms with Crippen molar-refractivity contribution in [3.05, 3.63) is 29.6 Å². The van der Waals surface area contributed by atoms with Gasteiger partial charge in [0.1, 0.15) is 30.5 Å². The van der Waals surface area contributed by atoms with Gasteiger partial charge in [0, 0.05) is 6.20 Å². The van der Waals surface area contributed by atoms with Crippen LogP contribution in [0.5, 0.6) is 0 Å². The highest BCUT2D eigenvalue weighted by molar-refractivity contribution is 5.27. The molecule has 2 heterocycles. The number of ether oxygens (including phenoxy) is 1. The summed E-state index contributed by atoms with van der Waals surface area (Å²) < 4.78 is 5.30. The largest absolute Gasteiger partial charge is 0.394 e. The van der Waals surface area contributed by atoms with Gasteiger partial charge in [-0.2, -0.15) is 5.26 Å². The quantitative estimate of drug-likeness (QED) is 0.614. The molecule has 1 aliphatic rings. The second-order valence-electron chi connectivity index (χ2n) is 3.84. The molecule has 1 saturated heterocycles. The molecule has 0 bridgehead atoms. The monoisotopic (exact) mass is 236 g/mol. The molecule has 0 unspecified atom stereocenters. The number of hydrogen-bond donors (Lipinski definition) is 3. The zero-order valence-corrected chi connectivity index (χ0v) is 8.89. The van der Waals surface area contributed by atoms with Gasteiger partial charge >= 0.3 is 0 Å². The number of rotatable bonds is 2. The summed E-state index contributed by atoms with van der Waals surface area (Å²) in [6, 6.07) is 5.04. The number of pyridine rings is 1. The van der Waals surface area contributed by atoms with E-state index in [1.165, 1.54) is 6.20 Å². The summed E-state index contributed by atoms with van der Waals surface area (Å²) in [6.07, 6.45) is -2.50. The van der Waals surface area contributed by atoms with E-state index >= 15 is 0 Å². The Morgan fingerprint density at radius 3 is 2.59 bits per heavy atom. The molecule has 0 aromatic carbocycles. The minimum atomic E-state index is -1.14. The zero-order valence-electron chi connectivity index (χ0n) is 8.89. The summed E-state index contributed by atoms with van der Waals surface area (Å²) in [6.45, 7) is -0.370. The van der Waals surface area contributed by atoms with Crippen molar-refractivity contribution in [2.45, 2.75) is 24.4 Å². The van der Waals surface area contributed by atoms with Crippen LogP contribution >= 0.6 is 0 Å². The van der Waals surface area contributed by atoms with Crippen molar-refractivity contribution in [2.75, 3.05) is 6.61 Å². The Hall–Kier alpha value is -1.52. The van der Waals surface area contributed by atoms with Crippen LogP contribution in [-0.4, -0.2) is 45.2 Å². The summed E-state index contributed by atoms with van der Waals surface area (Å²) in [4.78, 5) is 3.98. The van der Waals surface area contributed by atoms with E-state index < -0.39 is 24.4 Å². The summed E-state index contributed by atoms with van der Waals surface area (Å²) in [7, 11) is 0. The Bertz CT molecular complexity index is 428. The molecule has 2 rings (SSSR count). The van der Waals surface area contributed by atoms with Gasteiger partial charge in [-0.25, -0.2) is 0 Å². The first kappa shape index (κ1) is 12.0. The van der Waals surface area contributed by atoms with Crippen LogP contribution in [0.1, 0.15) is 17.4 Å². The van der Waals surface area contributed by atoms with Gasteiger partial charge in [-0.15, -0.1) is 0 Å². The van der Waals surface area contributed by atoms with Crippen molar-refractivity contribution < 1.29 is 20.1 Å². The number of nitriles is 1. The molecule has 90 valence electrons. The highest BCUT2D eigenvalue weighted by atomic mass is 16.6. The average Bonchev–Trinajstić information content (AvgIpc) is 2.66. The summed E-state index contributed by atoms with van der Waals surface area (Å²) >= 11 is 0. The van der Waals surface area contributed by atoms with E-state index in [0.717, 1.165) is 0 Å². The fourth-order valence-electron chi connectivity index (χ4n) is 1.78. The van der Waals surface area contributed by atoms with Crippen LogP contribution in [0, 0.1) is 11.3 Å². The van der Waals surface area contributed by atoms with Crippen LogP contribution in [0.25, 0.3) is 0 Å². The molecule has 17 heavy (non-hydrogen) atoms. The van der Waals surface area contributed by atoms with Gasteiger partial charge in [-0.05, 0) is 12.1 Å². The van der Waals surface area contributed by atoms with Crippen molar-refractivity contribution in [1.29, 1.82) is 5.26 Å². The van der Waals surface area contributed by atoms with Gasteiger partial charge in [-0.1, -0.05) is 0 Å². The minimum absolute atomic E-state index is 0.370. The van der Waals surface area contributed by atoms with E-state index in [4.69, 9.17) is 15.1 Å². The van der Waals surface area contributed by atoms with Crippen molar-refractivity contribution in [3.63, 3.8) is 0 Å². The predicted molar refractivity (Wildman–Crippen MR) is 55.7 cm³/mol. The summed E-state index contributed by atoms with van der Waals surface area (Å²) in [5.74, 6) is 0. The van der Waals surface area contributed by atoms with E-state index in [1.54, 1.807) is 12.1 Å². The predicted octanol–water partition coefficient (Wildman–Crippen LogP) is -0.893. The van der Waals surface area contributed by atoms with E-state index in [1.807, 2.05) is 6.07 Å². The van der Waals surface area contributed by atoms with E-state index in [2.05, 4.69) is 4.98 Å². The molecule has 6 nitrogen and oxygen atoms in total. The van der Waals surface area contributed by atoms with Crippen LogP contribution in [0.4, 0.5) is 0 Å². The standard InChI is InChI=1S/C11H12N2O4/c12-3-6-1-2-7(13-4-6)11-10(16)9(15)8(5-14)17-11/h1-2,4,8-11,14-16H,5H2/t8-,9-,10-,11+/m1/s1. The van der Waals surface area contributed by atoms with Crippen LogP contribution in [-0.2, 0) is 4.74 Å². The van der Waals surface area contributed by atoms with Gasteiger partial charge in [0.05, 0.1) is 17.9 Å². The average molecular weight is 236 g/mol. The maximum Gasteiger partial charge on any atom is 0.128 e. The maximum atomic E-state index is 9.75. The van der Waals surface area contributed by atoms with Crippen molar-refractivity contribution in [3.8, 4) is 6.07 Å². The molecule has 0 radical (unpaired) electrons. The van der Waals surface area contributed by atoms with E-state index in [-0.39, 0.29) is 6.61 Å². The number of aliphatic hydroxyl groups excluding tert-OH is 3. The smallest absolute Gasteiger partial charge is 0.128 e. The molecular formula is C11H12N2O4. The third-order valence-corrected chi connectivity index (χ3v) is 2.75. The van der Waals surface area contributed by atoms with E-state index in [0.29, 0.717) is 11.3 Å². The number of hydrogen-bond acceptors (Lipinski definition) is 6. The van der Waals surface area contributed by atoms with Crippen molar-refractivity contribution in [1.82, 2.24) is 4.98 Å². The summed E-state index contributed by atoms with van der Waals surface area (Å²) in [5, 5.41) is 36.9. The summed E-state index contributed by atoms with van der Waals surface area (Å²) in [5.41, 5.74) is 0.826. The first-order valence-corrected chi connectivity index (χ1v) is 5.16. The highest BCUT2D eigenvalue weighted by Gasteiger charge is 2.43. The number of aromatic nitrogens is 1. The molecule has 0 saturated carbocycles. The molecule has 1 aromatic heterocycles. The molecule has 6 heteroatoms. The number of aliphatic hydroxyl groups is 3. The lowest BCUT2D eigenvalue weighted by molar-refractivity contribution is -0.0239. The van der Waals surface area contributed by atoms with Crippen LogP contribution < -0.4 is 0 Å². The lowest BCUT2D eigenvalue weighted by Crippen LogP contribution is -2.32. The normalized spacial score (nSPS) is 32.4. The second-order valence-corrected chi connectivity index (χ2v) is 3.84. The van der Waals surface area contributed by atoms with Crippen LogP contribution in [0.2, 0.25) is 0 Å². The first-order chi connectivity index (χ1) is 8.17. The van der Waals surface area contributed by atoms with E-state index in [9.17, 15) is 10.2 Å². The topological polar surface area (TPSA) is 107 Å². The van der Waals surface area contributed by atoms with Crippen LogP contribution in [0.3, 0.4) is 0 Å². The molecule has 3 N–H and O–H groups in total. The Morgan fingerprint density at radius 1 is 1.35 bits per heavy atom. The zero-order chi connectivity index (χ0) is 12.4. The lowest BCUT2D eigenvalue weighted by atomic mass is 10.1. The Balaban J connectivity index is 2.20. The van der Waals surface area contributed by atoms with Crippen LogP contribution in [0.15, 0.2) is 18.3 Å². The fourth-order valence-corrected chi connectivity index (χ4v) is 1.78. The lowest BCUT2D eigenvalue weighted by Gasteiger charge is -2.13. The third-order valence-electron chi connectivity index (χ3n) is 2.75. The Labute approximate surface area is 97.7 Å². The van der Waals surface area contributed by atoms with Gasteiger partial charge < -0.3 is 20.1 Å². The third kappa shape index (κ3) is 2.14. The molecule has 1 aliphatic heterocycles. The highest BCUT2D eigenvalue weighted by Crippen LogP contribution is 2.32. The molecular weight excluding hydrogens is 224 g/mol. The van der Waals surface area contributed by atoms with Crippen molar-refractivity contribution in [2.24, 2.45) is 0 Å². The Morgan fingerprint density at radius 2 is 2.12 bits per heavy atom. The second kappa shape index (κ2) is 4.77. The molecule has 0 spiro atoms. The fraction of sp³-hybridized carbons (Fsp3) is 0.455. The van der Waals surface area contributed by atoms with Gasteiger partial charge in [0.2, 0.25) is 0 Å². The molecule has 4 atom stereocenters. The SMILES string of the molecule is N#Cc1ccc([C@@H]2O[C@H](CO)[C@@H](O)[C@H]2O)nc1. The molecule has 0 amide bonds. The molecule has 1 fully saturated rings. The number of nitrogens with zero attached hydrogens (tertiary/aromatic N) is 2. The maximum absolute atomic E-state index is 9.75. The molecule has 0 aliphatic carbocycles. The van der Waals surface area contributed by atoms with Gasteiger partial charge in [-0.3, -0.25) is 4.98 Å². The first-order valence-electron chi connectivity index (χ1n) is 5.16.